The van der Waals surface area contributed by atoms with Crippen molar-refractivity contribution in [3.05, 3.63) is 71.8 Å². The van der Waals surface area contributed by atoms with Gasteiger partial charge >= 0.3 is 11.9 Å². The molecule has 0 aliphatic carbocycles. The molecule has 2 aromatic rings. The molecule has 0 saturated carbocycles. The van der Waals surface area contributed by atoms with Crippen molar-refractivity contribution in [2.24, 2.45) is 0 Å². The van der Waals surface area contributed by atoms with Crippen LogP contribution in [-0.2, 0) is 20.7 Å². The van der Waals surface area contributed by atoms with E-state index in [2.05, 4.69) is 0 Å². The summed E-state index contributed by atoms with van der Waals surface area (Å²) in [4.78, 5) is 35.7. The Labute approximate surface area is 201 Å². The average molecular weight is 467 g/mol. The Kier molecular flexibility index (Phi) is 12.2. The standard InChI is InChI=1S/C28H34O6/c1-3-33-27(30)16-12-7-5-4-6-11-15-24(29)19-17-22-18-20-25(26(21-22)32-2)34-28(31)23-13-9-8-10-14-23/h8-11,13-15,18,20-21H,3-7,12,16-17,19H2,1-2H3. The Morgan fingerprint density at radius 3 is 2.38 bits per heavy atom. The summed E-state index contributed by atoms with van der Waals surface area (Å²) in [5.74, 6) is 0.279. The quantitative estimate of drug-likeness (QED) is 0.141. The maximum Gasteiger partial charge on any atom is 0.343 e. The lowest BCUT2D eigenvalue weighted by Gasteiger charge is -2.11. The van der Waals surface area contributed by atoms with Gasteiger partial charge in [-0.3, -0.25) is 9.59 Å². The van der Waals surface area contributed by atoms with E-state index in [4.69, 9.17) is 14.2 Å². The number of rotatable bonds is 15. The number of hydrogen-bond donors (Lipinski definition) is 0. The number of ether oxygens (including phenoxy) is 3. The van der Waals surface area contributed by atoms with Crippen molar-refractivity contribution in [3.8, 4) is 11.5 Å². The van der Waals surface area contributed by atoms with E-state index in [1.807, 2.05) is 25.1 Å². The lowest BCUT2D eigenvalue weighted by Crippen LogP contribution is -2.09. The average Bonchev–Trinajstić information content (AvgIpc) is 2.85. The van der Waals surface area contributed by atoms with Crippen LogP contribution in [0.4, 0.5) is 0 Å². The second kappa shape index (κ2) is 15.4. The van der Waals surface area contributed by atoms with Gasteiger partial charge in [-0.05, 0) is 68.5 Å². The van der Waals surface area contributed by atoms with Crippen molar-refractivity contribution in [2.45, 2.75) is 58.3 Å². The van der Waals surface area contributed by atoms with Crippen LogP contribution in [-0.4, -0.2) is 31.4 Å². The number of carbonyl (C=O) groups excluding carboxylic acids is 3. The van der Waals surface area contributed by atoms with Gasteiger partial charge < -0.3 is 14.2 Å². The van der Waals surface area contributed by atoms with Crippen LogP contribution in [0.25, 0.3) is 0 Å². The van der Waals surface area contributed by atoms with Crippen molar-refractivity contribution in [1.29, 1.82) is 0 Å². The molecule has 182 valence electrons. The number of benzene rings is 2. The minimum Gasteiger partial charge on any atom is -0.493 e. The highest BCUT2D eigenvalue weighted by molar-refractivity contribution is 5.91. The van der Waals surface area contributed by atoms with Crippen LogP contribution < -0.4 is 9.47 Å². The summed E-state index contributed by atoms with van der Waals surface area (Å²) in [6.45, 7) is 2.24. The fourth-order valence-electron chi connectivity index (χ4n) is 3.37. The van der Waals surface area contributed by atoms with E-state index in [0.717, 1.165) is 37.7 Å². The Balaban J connectivity index is 1.70. The molecule has 2 aromatic carbocycles. The fourth-order valence-corrected chi connectivity index (χ4v) is 3.37. The number of allylic oxidation sites excluding steroid dienone is 2. The van der Waals surface area contributed by atoms with Crippen LogP contribution in [0, 0.1) is 0 Å². The first-order chi connectivity index (χ1) is 16.5. The van der Waals surface area contributed by atoms with Gasteiger partial charge in [-0.1, -0.05) is 43.2 Å². The molecule has 0 bridgehead atoms. The minimum atomic E-state index is -0.453. The van der Waals surface area contributed by atoms with E-state index in [0.29, 0.717) is 42.9 Å². The first-order valence-electron chi connectivity index (χ1n) is 11.8. The van der Waals surface area contributed by atoms with Gasteiger partial charge in [0.1, 0.15) is 0 Å². The SMILES string of the molecule is CCOC(=O)CCCCCCC=CC(=O)CCc1ccc(OC(=O)c2ccccc2)c(OC)c1. The summed E-state index contributed by atoms with van der Waals surface area (Å²) in [6.07, 6.45) is 9.69. The first-order valence-corrected chi connectivity index (χ1v) is 11.8. The van der Waals surface area contributed by atoms with Crippen LogP contribution in [0.15, 0.2) is 60.7 Å². The lowest BCUT2D eigenvalue weighted by atomic mass is 10.1. The third-order valence-electron chi connectivity index (χ3n) is 5.21. The van der Waals surface area contributed by atoms with Crippen LogP contribution >= 0.6 is 0 Å². The molecule has 0 aliphatic rings. The van der Waals surface area contributed by atoms with E-state index < -0.39 is 5.97 Å². The van der Waals surface area contributed by atoms with Crippen molar-refractivity contribution in [1.82, 2.24) is 0 Å². The largest absolute Gasteiger partial charge is 0.493 e. The molecule has 0 spiro atoms. The first kappa shape index (κ1) is 26.8. The second-order valence-electron chi connectivity index (χ2n) is 7.87. The summed E-state index contributed by atoms with van der Waals surface area (Å²) in [5, 5.41) is 0. The molecular formula is C28H34O6. The monoisotopic (exact) mass is 466 g/mol. The summed E-state index contributed by atoms with van der Waals surface area (Å²) >= 11 is 0. The zero-order valence-corrected chi connectivity index (χ0v) is 20.1. The highest BCUT2D eigenvalue weighted by Crippen LogP contribution is 2.29. The van der Waals surface area contributed by atoms with Crippen molar-refractivity contribution < 1.29 is 28.6 Å². The molecule has 0 radical (unpaired) electrons. The van der Waals surface area contributed by atoms with Gasteiger partial charge in [0.2, 0.25) is 0 Å². The number of methoxy groups -OCH3 is 1. The van der Waals surface area contributed by atoms with Crippen LogP contribution in [0.1, 0.15) is 67.8 Å². The smallest absolute Gasteiger partial charge is 0.343 e. The molecule has 6 nitrogen and oxygen atoms in total. The second-order valence-corrected chi connectivity index (χ2v) is 7.87. The number of carbonyl (C=O) groups is 3. The maximum absolute atomic E-state index is 12.3. The summed E-state index contributed by atoms with van der Waals surface area (Å²) in [6, 6.07) is 14.1. The third kappa shape index (κ3) is 10.0. The summed E-state index contributed by atoms with van der Waals surface area (Å²) in [7, 11) is 1.52. The molecule has 0 heterocycles. The Morgan fingerprint density at radius 1 is 0.882 bits per heavy atom. The molecule has 2 rings (SSSR count). The molecule has 0 unspecified atom stereocenters. The van der Waals surface area contributed by atoms with Crippen molar-refractivity contribution in [3.63, 3.8) is 0 Å². The van der Waals surface area contributed by atoms with E-state index in [-0.39, 0.29) is 11.8 Å². The maximum atomic E-state index is 12.3. The summed E-state index contributed by atoms with van der Waals surface area (Å²) < 4.78 is 15.7. The van der Waals surface area contributed by atoms with Gasteiger partial charge in [-0.2, -0.15) is 0 Å². The number of esters is 2. The normalized spacial score (nSPS) is 10.8. The fraction of sp³-hybridized carbons (Fsp3) is 0.393. The predicted molar refractivity (Wildman–Crippen MR) is 131 cm³/mol. The molecule has 0 amide bonds. The molecule has 0 N–H and O–H groups in total. The Morgan fingerprint density at radius 2 is 1.65 bits per heavy atom. The molecular weight excluding hydrogens is 432 g/mol. The van der Waals surface area contributed by atoms with E-state index >= 15 is 0 Å². The molecule has 0 aromatic heterocycles. The minimum absolute atomic E-state index is 0.0702. The highest BCUT2D eigenvalue weighted by atomic mass is 16.6. The molecule has 34 heavy (non-hydrogen) atoms. The third-order valence-corrected chi connectivity index (χ3v) is 5.21. The number of ketones is 1. The zero-order valence-electron chi connectivity index (χ0n) is 20.1. The number of unbranched alkanes of at least 4 members (excludes halogenated alkanes) is 4. The lowest BCUT2D eigenvalue weighted by molar-refractivity contribution is -0.143. The van der Waals surface area contributed by atoms with Gasteiger partial charge in [-0.15, -0.1) is 0 Å². The number of hydrogen-bond acceptors (Lipinski definition) is 6. The molecule has 0 saturated heterocycles. The van der Waals surface area contributed by atoms with E-state index in [1.54, 1.807) is 42.5 Å². The van der Waals surface area contributed by atoms with E-state index in [9.17, 15) is 14.4 Å². The molecule has 0 aliphatic heterocycles. The van der Waals surface area contributed by atoms with Gasteiger partial charge in [0.05, 0.1) is 19.3 Å². The van der Waals surface area contributed by atoms with E-state index in [1.165, 1.54) is 7.11 Å². The van der Waals surface area contributed by atoms with Crippen molar-refractivity contribution >= 4 is 17.7 Å². The zero-order chi connectivity index (χ0) is 24.6. The van der Waals surface area contributed by atoms with Crippen LogP contribution in [0.5, 0.6) is 11.5 Å². The Bertz CT molecular complexity index is 949. The highest BCUT2D eigenvalue weighted by Gasteiger charge is 2.13. The van der Waals surface area contributed by atoms with Gasteiger partial charge in [-0.25, -0.2) is 4.79 Å². The Hall–Kier alpha value is -3.41. The molecule has 6 heteroatoms. The molecule has 0 atom stereocenters. The van der Waals surface area contributed by atoms with Crippen molar-refractivity contribution in [2.75, 3.05) is 13.7 Å². The summed E-state index contributed by atoms with van der Waals surface area (Å²) in [5.41, 5.74) is 1.39. The van der Waals surface area contributed by atoms with Gasteiger partial charge in [0.15, 0.2) is 17.3 Å². The predicted octanol–water partition coefficient (Wildman–Crippen LogP) is 5.88. The molecule has 0 fully saturated rings. The number of aryl methyl sites for hydroxylation is 1. The van der Waals surface area contributed by atoms with Crippen LogP contribution in [0.3, 0.4) is 0 Å². The topological polar surface area (TPSA) is 78.9 Å². The van der Waals surface area contributed by atoms with Crippen LogP contribution in [0.2, 0.25) is 0 Å². The van der Waals surface area contributed by atoms with Gasteiger partial charge in [0, 0.05) is 12.8 Å². The van der Waals surface area contributed by atoms with Gasteiger partial charge in [0.25, 0.3) is 0 Å².